The molecule has 2 heterocycles. The molecule has 0 radical (unpaired) electrons. The number of H-pyrrole nitrogens is 1. The smallest absolute Gasteiger partial charge is 0.226 e. The molecule has 1 unspecified atom stereocenters. The van der Waals surface area contributed by atoms with Crippen LogP contribution in [0.2, 0.25) is 0 Å². The van der Waals surface area contributed by atoms with Gasteiger partial charge in [-0.2, -0.15) is 5.10 Å². The van der Waals surface area contributed by atoms with Crippen molar-refractivity contribution >= 4 is 5.91 Å². The largest absolute Gasteiger partial charge is 0.490 e. The predicted molar refractivity (Wildman–Crippen MR) is 83.4 cm³/mol. The van der Waals surface area contributed by atoms with Gasteiger partial charge in [-0.15, -0.1) is 0 Å². The summed E-state index contributed by atoms with van der Waals surface area (Å²) >= 11 is 0. The summed E-state index contributed by atoms with van der Waals surface area (Å²) in [4.78, 5) is 14.4. The van der Waals surface area contributed by atoms with E-state index in [4.69, 9.17) is 4.74 Å². The Morgan fingerprint density at radius 3 is 3.00 bits per heavy atom. The van der Waals surface area contributed by atoms with Crippen molar-refractivity contribution in [3.05, 3.63) is 48.0 Å². The Morgan fingerprint density at radius 1 is 1.35 bits per heavy atom. The lowest BCUT2D eigenvalue weighted by Crippen LogP contribution is -2.39. The van der Waals surface area contributed by atoms with E-state index in [0.717, 1.165) is 31.5 Å². The third-order valence-electron chi connectivity index (χ3n) is 4.11. The first-order valence-corrected chi connectivity index (χ1v) is 7.92. The Kier molecular flexibility index (Phi) is 4.90. The number of hydrogen-bond donors (Lipinski definition) is 1. The van der Waals surface area contributed by atoms with Gasteiger partial charge in [-0.05, 0) is 37.5 Å². The summed E-state index contributed by atoms with van der Waals surface area (Å²) in [5.41, 5.74) is 0.966. The Labute approximate surface area is 134 Å². The second kappa shape index (κ2) is 7.26. The Morgan fingerprint density at radius 2 is 2.22 bits per heavy atom. The molecule has 2 aromatic rings. The molecule has 1 atom stereocenters. The van der Waals surface area contributed by atoms with Gasteiger partial charge < -0.3 is 9.64 Å². The van der Waals surface area contributed by atoms with Gasteiger partial charge in [-0.25, -0.2) is 4.39 Å². The van der Waals surface area contributed by atoms with Gasteiger partial charge in [0.1, 0.15) is 0 Å². The van der Waals surface area contributed by atoms with E-state index in [9.17, 15) is 9.18 Å². The summed E-state index contributed by atoms with van der Waals surface area (Å²) in [5, 5.41) is 6.93. The van der Waals surface area contributed by atoms with Crippen LogP contribution in [0, 0.1) is 5.82 Å². The minimum atomic E-state index is -0.409. The minimum absolute atomic E-state index is 0.0284. The van der Waals surface area contributed by atoms with Crippen molar-refractivity contribution in [3.63, 3.8) is 0 Å². The fourth-order valence-electron chi connectivity index (χ4n) is 2.96. The number of carbonyl (C=O) groups excluding carboxylic acids is 1. The van der Waals surface area contributed by atoms with Gasteiger partial charge in [-0.3, -0.25) is 9.89 Å². The maximum Gasteiger partial charge on any atom is 0.226 e. The van der Waals surface area contributed by atoms with E-state index in [0.29, 0.717) is 0 Å². The molecular weight excluding hydrogens is 297 g/mol. The number of piperidine rings is 1. The van der Waals surface area contributed by atoms with Crippen LogP contribution in [0.15, 0.2) is 36.5 Å². The topological polar surface area (TPSA) is 58.2 Å². The molecule has 0 spiro atoms. The number of ether oxygens (including phenoxy) is 1. The number of aromatic amines is 1. The van der Waals surface area contributed by atoms with Crippen molar-refractivity contribution < 1.29 is 13.9 Å². The standard InChI is InChI=1S/C17H20FN3O2/c18-13-5-1-2-7-16(13)23-12-9-17(22)21-11-4-3-6-15(21)14-8-10-19-20-14/h1-2,5,7-8,10,15H,3-4,6,9,11-12H2,(H,19,20). The number of likely N-dealkylation sites (tertiary alicyclic amines) is 1. The SMILES string of the molecule is O=C(CCOc1ccccc1F)N1CCCCC1c1ccn[nH]1. The summed E-state index contributed by atoms with van der Waals surface area (Å²) in [6.07, 6.45) is 4.97. The van der Waals surface area contributed by atoms with E-state index >= 15 is 0 Å². The maximum atomic E-state index is 13.5. The average Bonchev–Trinajstić information content (AvgIpc) is 3.11. The number of para-hydroxylation sites is 1. The van der Waals surface area contributed by atoms with E-state index in [2.05, 4.69) is 10.2 Å². The van der Waals surface area contributed by atoms with Gasteiger partial charge in [0, 0.05) is 12.7 Å². The van der Waals surface area contributed by atoms with Crippen LogP contribution in [0.1, 0.15) is 37.4 Å². The molecule has 122 valence electrons. The summed E-state index contributed by atoms with van der Waals surface area (Å²) in [7, 11) is 0. The first kappa shape index (κ1) is 15.5. The number of aromatic nitrogens is 2. The van der Waals surface area contributed by atoms with Crippen molar-refractivity contribution in [3.8, 4) is 5.75 Å². The predicted octanol–water partition coefficient (Wildman–Crippen LogP) is 3.07. The lowest BCUT2D eigenvalue weighted by Gasteiger charge is -2.35. The second-order valence-corrected chi connectivity index (χ2v) is 5.64. The zero-order chi connectivity index (χ0) is 16.1. The van der Waals surface area contributed by atoms with Crippen LogP contribution in [0.4, 0.5) is 4.39 Å². The van der Waals surface area contributed by atoms with Crippen molar-refractivity contribution in [1.82, 2.24) is 15.1 Å². The molecule has 1 amide bonds. The molecule has 1 aliphatic heterocycles. The summed E-state index contributed by atoms with van der Waals surface area (Å²) < 4.78 is 18.9. The van der Waals surface area contributed by atoms with Crippen molar-refractivity contribution in [1.29, 1.82) is 0 Å². The zero-order valence-electron chi connectivity index (χ0n) is 12.9. The minimum Gasteiger partial charge on any atom is -0.490 e. The zero-order valence-corrected chi connectivity index (χ0v) is 12.9. The Balaban J connectivity index is 1.57. The van der Waals surface area contributed by atoms with E-state index in [1.54, 1.807) is 24.4 Å². The molecule has 1 aliphatic rings. The van der Waals surface area contributed by atoms with Gasteiger partial charge in [0.25, 0.3) is 0 Å². The van der Waals surface area contributed by atoms with Gasteiger partial charge in [-0.1, -0.05) is 12.1 Å². The fraction of sp³-hybridized carbons (Fsp3) is 0.412. The highest BCUT2D eigenvalue weighted by Gasteiger charge is 2.28. The first-order valence-electron chi connectivity index (χ1n) is 7.92. The van der Waals surface area contributed by atoms with Gasteiger partial charge in [0.05, 0.1) is 24.8 Å². The Hall–Kier alpha value is -2.37. The summed E-state index contributed by atoms with van der Waals surface area (Å²) in [6, 6.07) is 8.18. The quantitative estimate of drug-likeness (QED) is 0.922. The van der Waals surface area contributed by atoms with Crippen molar-refractivity contribution in [2.45, 2.75) is 31.7 Å². The molecule has 1 aromatic heterocycles. The van der Waals surface area contributed by atoms with Gasteiger partial charge >= 0.3 is 0 Å². The molecule has 0 aliphatic carbocycles. The first-order chi connectivity index (χ1) is 11.3. The lowest BCUT2D eigenvalue weighted by molar-refractivity contribution is -0.135. The monoisotopic (exact) mass is 317 g/mol. The van der Waals surface area contributed by atoms with E-state index < -0.39 is 5.82 Å². The number of nitrogens with one attached hydrogen (secondary N) is 1. The van der Waals surface area contributed by atoms with Crippen molar-refractivity contribution in [2.75, 3.05) is 13.2 Å². The molecule has 0 bridgehead atoms. The molecule has 1 N–H and O–H groups in total. The van der Waals surface area contributed by atoms with Crippen LogP contribution in [-0.2, 0) is 4.79 Å². The molecular formula is C17H20FN3O2. The number of rotatable bonds is 5. The molecule has 5 nitrogen and oxygen atoms in total. The lowest BCUT2D eigenvalue weighted by atomic mass is 9.99. The third-order valence-corrected chi connectivity index (χ3v) is 4.11. The van der Waals surface area contributed by atoms with E-state index in [1.807, 2.05) is 11.0 Å². The fourth-order valence-corrected chi connectivity index (χ4v) is 2.96. The number of benzene rings is 1. The number of halogens is 1. The molecule has 1 saturated heterocycles. The van der Waals surface area contributed by atoms with Crippen LogP contribution >= 0.6 is 0 Å². The van der Waals surface area contributed by atoms with E-state index in [1.165, 1.54) is 6.07 Å². The van der Waals surface area contributed by atoms with Crippen molar-refractivity contribution in [2.24, 2.45) is 0 Å². The number of carbonyl (C=O) groups is 1. The normalized spacial score (nSPS) is 18.0. The molecule has 1 fully saturated rings. The summed E-state index contributed by atoms with van der Waals surface area (Å²) in [6.45, 7) is 0.911. The van der Waals surface area contributed by atoms with Crippen LogP contribution in [0.5, 0.6) is 5.75 Å². The molecule has 23 heavy (non-hydrogen) atoms. The van der Waals surface area contributed by atoms with Crippen LogP contribution in [0.25, 0.3) is 0 Å². The average molecular weight is 317 g/mol. The van der Waals surface area contributed by atoms with Crippen LogP contribution in [0.3, 0.4) is 0 Å². The molecule has 3 rings (SSSR count). The Bertz CT molecular complexity index is 645. The maximum absolute atomic E-state index is 13.5. The van der Waals surface area contributed by atoms with Crippen LogP contribution < -0.4 is 4.74 Å². The van der Waals surface area contributed by atoms with E-state index in [-0.39, 0.29) is 30.7 Å². The van der Waals surface area contributed by atoms with Gasteiger partial charge in [0.2, 0.25) is 5.91 Å². The number of nitrogens with zero attached hydrogens (tertiary/aromatic N) is 2. The highest BCUT2D eigenvalue weighted by molar-refractivity contribution is 5.77. The second-order valence-electron chi connectivity index (χ2n) is 5.64. The molecule has 1 aromatic carbocycles. The van der Waals surface area contributed by atoms with Crippen LogP contribution in [-0.4, -0.2) is 34.2 Å². The number of amides is 1. The van der Waals surface area contributed by atoms with Gasteiger partial charge in [0.15, 0.2) is 11.6 Å². The third kappa shape index (κ3) is 3.70. The highest BCUT2D eigenvalue weighted by Crippen LogP contribution is 2.30. The molecule has 0 saturated carbocycles. The number of hydrogen-bond acceptors (Lipinski definition) is 3. The summed E-state index contributed by atoms with van der Waals surface area (Å²) in [5.74, 6) is -0.196. The molecule has 6 heteroatoms. The highest BCUT2D eigenvalue weighted by atomic mass is 19.1.